The quantitative estimate of drug-likeness (QED) is 0.839. The fraction of sp³-hybridized carbons (Fsp3) is 0.615. The molecule has 1 fully saturated rings. The van der Waals surface area contributed by atoms with E-state index in [-0.39, 0.29) is 0 Å². The van der Waals surface area contributed by atoms with Crippen molar-refractivity contribution >= 4 is 0 Å². The average molecular weight is 219 g/mol. The zero-order valence-electron chi connectivity index (χ0n) is 10.2. The molecule has 1 N–H and O–H groups in total. The van der Waals surface area contributed by atoms with Gasteiger partial charge in [-0.25, -0.2) is 0 Å². The molecule has 1 unspecified atom stereocenters. The van der Waals surface area contributed by atoms with Crippen LogP contribution in [0.1, 0.15) is 30.6 Å². The summed E-state index contributed by atoms with van der Waals surface area (Å²) in [5, 5.41) is 3.39. The summed E-state index contributed by atoms with van der Waals surface area (Å²) in [4.78, 5) is 7.10. The van der Waals surface area contributed by atoms with Gasteiger partial charge in [0.25, 0.3) is 0 Å². The van der Waals surface area contributed by atoms with E-state index in [1.165, 1.54) is 11.3 Å². The lowest BCUT2D eigenvalue weighted by Gasteiger charge is -2.34. The van der Waals surface area contributed by atoms with Gasteiger partial charge in [0, 0.05) is 32.4 Å². The highest BCUT2D eigenvalue weighted by molar-refractivity contribution is 5.15. The van der Waals surface area contributed by atoms with E-state index in [0.717, 1.165) is 32.6 Å². The molecule has 2 heterocycles. The standard InChI is InChI=1S/C13H21N3/c1-3-13(16-8-6-14-7-9-16)12-5-4-11(2)10-15-12/h4-5,10,13-14H,3,6-9H2,1-2H3. The van der Waals surface area contributed by atoms with E-state index in [4.69, 9.17) is 0 Å². The van der Waals surface area contributed by atoms with Crippen molar-refractivity contribution in [2.45, 2.75) is 26.3 Å². The van der Waals surface area contributed by atoms with Gasteiger partial charge in [-0.05, 0) is 25.0 Å². The first-order valence-corrected chi connectivity index (χ1v) is 6.18. The first kappa shape index (κ1) is 11.6. The first-order chi connectivity index (χ1) is 7.81. The molecule has 2 rings (SSSR count). The van der Waals surface area contributed by atoms with Crippen molar-refractivity contribution in [1.82, 2.24) is 15.2 Å². The maximum atomic E-state index is 4.56. The van der Waals surface area contributed by atoms with E-state index < -0.39 is 0 Å². The van der Waals surface area contributed by atoms with E-state index in [1.807, 2.05) is 6.20 Å². The molecule has 16 heavy (non-hydrogen) atoms. The van der Waals surface area contributed by atoms with Crippen LogP contribution in [-0.4, -0.2) is 36.1 Å². The van der Waals surface area contributed by atoms with Gasteiger partial charge >= 0.3 is 0 Å². The van der Waals surface area contributed by atoms with Crippen LogP contribution in [0.5, 0.6) is 0 Å². The normalized spacial score (nSPS) is 19.6. The lowest BCUT2D eigenvalue weighted by Crippen LogP contribution is -2.45. The molecule has 1 aliphatic rings. The second-order valence-electron chi connectivity index (χ2n) is 4.47. The zero-order chi connectivity index (χ0) is 11.4. The molecule has 0 amide bonds. The fourth-order valence-corrected chi connectivity index (χ4v) is 2.32. The Hall–Kier alpha value is -0.930. The molecule has 3 heteroatoms. The molecule has 1 aromatic rings. The smallest absolute Gasteiger partial charge is 0.0575 e. The van der Waals surface area contributed by atoms with Crippen molar-refractivity contribution in [2.75, 3.05) is 26.2 Å². The summed E-state index contributed by atoms with van der Waals surface area (Å²) in [5.74, 6) is 0. The number of nitrogens with one attached hydrogen (secondary N) is 1. The number of pyridine rings is 1. The van der Waals surface area contributed by atoms with Gasteiger partial charge in [0.1, 0.15) is 0 Å². The zero-order valence-corrected chi connectivity index (χ0v) is 10.2. The third kappa shape index (κ3) is 2.60. The Bertz CT molecular complexity index is 314. The van der Waals surface area contributed by atoms with Crippen LogP contribution in [0.4, 0.5) is 0 Å². The number of rotatable bonds is 3. The molecule has 1 saturated heterocycles. The van der Waals surface area contributed by atoms with Crippen LogP contribution in [0, 0.1) is 6.92 Å². The Kier molecular flexibility index (Phi) is 3.91. The highest BCUT2D eigenvalue weighted by atomic mass is 15.2. The maximum absolute atomic E-state index is 4.56. The van der Waals surface area contributed by atoms with E-state index in [9.17, 15) is 0 Å². The Morgan fingerprint density at radius 1 is 1.38 bits per heavy atom. The molecule has 0 bridgehead atoms. The molecule has 1 atom stereocenters. The largest absolute Gasteiger partial charge is 0.314 e. The summed E-state index contributed by atoms with van der Waals surface area (Å²) in [5.41, 5.74) is 2.45. The third-order valence-electron chi connectivity index (χ3n) is 3.25. The average Bonchev–Trinajstić information content (AvgIpc) is 2.34. The lowest BCUT2D eigenvalue weighted by atomic mass is 10.1. The van der Waals surface area contributed by atoms with Crippen molar-refractivity contribution < 1.29 is 0 Å². The van der Waals surface area contributed by atoms with Crippen LogP contribution in [0.2, 0.25) is 0 Å². The van der Waals surface area contributed by atoms with Crippen LogP contribution in [0.25, 0.3) is 0 Å². The Morgan fingerprint density at radius 3 is 2.69 bits per heavy atom. The topological polar surface area (TPSA) is 28.2 Å². The number of aromatic nitrogens is 1. The van der Waals surface area contributed by atoms with E-state index >= 15 is 0 Å². The maximum Gasteiger partial charge on any atom is 0.0575 e. The second-order valence-corrected chi connectivity index (χ2v) is 4.47. The minimum atomic E-state index is 0.489. The molecule has 0 aliphatic carbocycles. The summed E-state index contributed by atoms with van der Waals surface area (Å²) < 4.78 is 0. The lowest BCUT2D eigenvalue weighted by molar-refractivity contribution is 0.166. The highest BCUT2D eigenvalue weighted by Crippen LogP contribution is 2.22. The summed E-state index contributed by atoms with van der Waals surface area (Å²) in [7, 11) is 0. The molecule has 3 nitrogen and oxygen atoms in total. The monoisotopic (exact) mass is 219 g/mol. The minimum Gasteiger partial charge on any atom is -0.314 e. The Balaban J connectivity index is 2.11. The molecular weight excluding hydrogens is 198 g/mol. The molecule has 0 aromatic carbocycles. The van der Waals surface area contributed by atoms with Crippen LogP contribution in [-0.2, 0) is 0 Å². The summed E-state index contributed by atoms with van der Waals surface area (Å²) >= 11 is 0. The van der Waals surface area contributed by atoms with E-state index in [1.54, 1.807) is 0 Å². The van der Waals surface area contributed by atoms with Gasteiger partial charge in [-0.1, -0.05) is 13.0 Å². The van der Waals surface area contributed by atoms with Crippen molar-refractivity contribution in [2.24, 2.45) is 0 Å². The van der Waals surface area contributed by atoms with Gasteiger partial charge in [-0.15, -0.1) is 0 Å². The van der Waals surface area contributed by atoms with Gasteiger partial charge in [0.05, 0.1) is 11.7 Å². The van der Waals surface area contributed by atoms with Gasteiger partial charge in [-0.3, -0.25) is 9.88 Å². The predicted octanol–water partition coefficient (Wildman–Crippen LogP) is 1.75. The molecule has 1 aromatic heterocycles. The molecule has 0 radical (unpaired) electrons. The number of piperazine rings is 1. The minimum absolute atomic E-state index is 0.489. The van der Waals surface area contributed by atoms with Crippen molar-refractivity contribution in [3.63, 3.8) is 0 Å². The van der Waals surface area contributed by atoms with Crippen LogP contribution in [0.3, 0.4) is 0 Å². The van der Waals surface area contributed by atoms with Gasteiger partial charge in [0.2, 0.25) is 0 Å². The molecular formula is C13H21N3. The van der Waals surface area contributed by atoms with E-state index in [2.05, 4.69) is 41.2 Å². The van der Waals surface area contributed by atoms with E-state index in [0.29, 0.717) is 6.04 Å². The molecule has 1 aliphatic heterocycles. The van der Waals surface area contributed by atoms with Gasteiger partial charge in [-0.2, -0.15) is 0 Å². The second kappa shape index (κ2) is 5.41. The number of nitrogens with zero attached hydrogens (tertiary/aromatic N) is 2. The number of aryl methyl sites for hydroxylation is 1. The van der Waals surface area contributed by atoms with Crippen molar-refractivity contribution in [1.29, 1.82) is 0 Å². The SMILES string of the molecule is CCC(c1ccc(C)cn1)N1CCNCC1. The van der Waals surface area contributed by atoms with Crippen LogP contribution >= 0.6 is 0 Å². The van der Waals surface area contributed by atoms with Gasteiger partial charge < -0.3 is 5.32 Å². The predicted molar refractivity (Wildman–Crippen MR) is 66.4 cm³/mol. The molecule has 88 valence electrons. The van der Waals surface area contributed by atoms with Crippen LogP contribution < -0.4 is 5.32 Å². The Morgan fingerprint density at radius 2 is 2.12 bits per heavy atom. The van der Waals surface area contributed by atoms with Crippen molar-refractivity contribution in [3.05, 3.63) is 29.6 Å². The summed E-state index contributed by atoms with van der Waals surface area (Å²) in [6, 6.07) is 4.82. The Labute approximate surface area is 97.9 Å². The number of hydrogen-bond donors (Lipinski definition) is 1. The fourth-order valence-electron chi connectivity index (χ4n) is 2.32. The summed E-state index contributed by atoms with van der Waals surface area (Å²) in [6.07, 6.45) is 3.11. The molecule has 0 spiro atoms. The highest BCUT2D eigenvalue weighted by Gasteiger charge is 2.21. The third-order valence-corrected chi connectivity index (χ3v) is 3.25. The van der Waals surface area contributed by atoms with Gasteiger partial charge in [0.15, 0.2) is 0 Å². The molecule has 0 saturated carbocycles. The summed E-state index contributed by atoms with van der Waals surface area (Å²) in [6.45, 7) is 8.80. The van der Waals surface area contributed by atoms with Crippen molar-refractivity contribution in [3.8, 4) is 0 Å². The van der Waals surface area contributed by atoms with Crippen LogP contribution in [0.15, 0.2) is 18.3 Å². The first-order valence-electron chi connectivity index (χ1n) is 6.18. The number of hydrogen-bond acceptors (Lipinski definition) is 3.